The van der Waals surface area contributed by atoms with Gasteiger partial charge in [-0.3, -0.25) is 4.98 Å². The Bertz CT molecular complexity index is 1280. The monoisotopic (exact) mass is 488 g/mol. The van der Waals surface area contributed by atoms with Crippen LogP contribution >= 0.6 is 0 Å². The van der Waals surface area contributed by atoms with Crippen LogP contribution in [0.5, 0.6) is 0 Å². The highest BCUT2D eigenvalue weighted by atomic mass is 19.4. The third kappa shape index (κ3) is 5.46. The van der Waals surface area contributed by atoms with Crippen LogP contribution < -0.4 is 5.32 Å². The normalized spacial score (nSPS) is 12.7. The molecule has 0 fully saturated rings. The van der Waals surface area contributed by atoms with Crippen LogP contribution in [0.3, 0.4) is 0 Å². The molecule has 0 aliphatic heterocycles. The number of nitrogens with one attached hydrogen (secondary N) is 1. The molecule has 4 rings (SSSR count). The molecule has 0 saturated heterocycles. The van der Waals surface area contributed by atoms with Crippen molar-refractivity contribution in [3.05, 3.63) is 119 Å². The van der Waals surface area contributed by atoms with E-state index >= 15 is 0 Å². The van der Waals surface area contributed by atoms with Gasteiger partial charge in [0.2, 0.25) is 0 Å². The SMILES string of the molecule is CC(C)c1cccc(C(C)C)c1NC(c1ccccc1)c1cccc(-c2ccccc2C(F)(F)F)n1. The Kier molecular flexibility index (Phi) is 7.48. The lowest BCUT2D eigenvalue weighted by atomic mass is 9.91. The highest BCUT2D eigenvalue weighted by Gasteiger charge is 2.33. The van der Waals surface area contributed by atoms with Crippen molar-refractivity contribution in [3.63, 3.8) is 0 Å². The fourth-order valence-electron chi connectivity index (χ4n) is 4.55. The van der Waals surface area contributed by atoms with Gasteiger partial charge < -0.3 is 5.32 Å². The van der Waals surface area contributed by atoms with Gasteiger partial charge in [-0.2, -0.15) is 13.2 Å². The summed E-state index contributed by atoms with van der Waals surface area (Å²) in [4.78, 5) is 4.78. The van der Waals surface area contributed by atoms with Crippen molar-refractivity contribution in [1.29, 1.82) is 0 Å². The number of pyridine rings is 1. The molecule has 0 bridgehead atoms. The fraction of sp³-hybridized carbons (Fsp3) is 0.258. The lowest BCUT2D eigenvalue weighted by Crippen LogP contribution is -2.17. The minimum Gasteiger partial charge on any atom is -0.372 e. The Morgan fingerprint density at radius 3 is 1.86 bits per heavy atom. The number of rotatable bonds is 7. The Morgan fingerprint density at radius 1 is 0.667 bits per heavy atom. The molecule has 1 unspecified atom stereocenters. The van der Waals surface area contributed by atoms with Crippen molar-refractivity contribution in [1.82, 2.24) is 4.98 Å². The van der Waals surface area contributed by atoms with Crippen LogP contribution in [0.15, 0.2) is 91.0 Å². The van der Waals surface area contributed by atoms with Crippen molar-refractivity contribution in [2.45, 2.75) is 51.7 Å². The van der Waals surface area contributed by atoms with Crippen LogP contribution in [0.4, 0.5) is 18.9 Å². The van der Waals surface area contributed by atoms with E-state index in [0.717, 1.165) is 17.3 Å². The number of para-hydroxylation sites is 1. The van der Waals surface area contributed by atoms with Gasteiger partial charge in [-0.1, -0.05) is 100 Å². The largest absolute Gasteiger partial charge is 0.417 e. The number of hydrogen-bond acceptors (Lipinski definition) is 2. The highest BCUT2D eigenvalue weighted by Crippen LogP contribution is 2.39. The van der Waals surface area contributed by atoms with Gasteiger partial charge in [-0.15, -0.1) is 0 Å². The van der Waals surface area contributed by atoms with Crippen LogP contribution in [0.25, 0.3) is 11.3 Å². The van der Waals surface area contributed by atoms with Crippen molar-refractivity contribution in [3.8, 4) is 11.3 Å². The number of nitrogens with zero attached hydrogens (tertiary/aromatic N) is 1. The minimum absolute atomic E-state index is 0.0733. The maximum absolute atomic E-state index is 13.7. The highest BCUT2D eigenvalue weighted by molar-refractivity contribution is 5.66. The predicted molar refractivity (Wildman–Crippen MR) is 141 cm³/mol. The third-order valence-electron chi connectivity index (χ3n) is 6.37. The third-order valence-corrected chi connectivity index (χ3v) is 6.37. The van der Waals surface area contributed by atoms with E-state index in [9.17, 15) is 13.2 Å². The summed E-state index contributed by atoms with van der Waals surface area (Å²) in [7, 11) is 0. The molecule has 0 amide bonds. The Balaban J connectivity index is 1.87. The molecule has 0 aliphatic carbocycles. The molecule has 0 saturated carbocycles. The number of alkyl halides is 3. The Morgan fingerprint density at radius 2 is 1.25 bits per heavy atom. The molecule has 2 nitrogen and oxygen atoms in total. The zero-order valence-electron chi connectivity index (χ0n) is 21.0. The molecule has 1 N–H and O–H groups in total. The number of aromatic nitrogens is 1. The molecule has 5 heteroatoms. The van der Waals surface area contributed by atoms with Crippen molar-refractivity contribution in [2.75, 3.05) is 5.32 Å². The lowest BCUT2D eigenvalue weighted by Gasteiger charge is -2.27. The van der Waals surface area contributed by atoms with E-state index in [1.807, 2.05) is 36.4 Å². The zero-order chi connectivity index (χ0) is 25.9. The van der Waals surface area contributed by atoms with Crippen LogP contribution in [0.1, 0.15) is 73.5 Å². The van der Waals surface area contributed by atoms with E-state index < -0.39 is 11.7 Å². The van der Waals surface area contributed by atoms with Gasteiger partial charge in [0, 0.05) is 11.3 Å². The molecule has 4 aromatic rings. The average molecular weight is 489 g/mol. The fourth-order valence-corrected chi connectivity index (χ4v) is 4.55. The van der Waals surface area contributed by atoms with Crippen LogP contribution in [-0.2, 0) is 6.18 Å². The molecule has 0 radical (unpaired) electrons. The second kappa shape index (κ2) is 10.6. The van der Waals surface area contributed by atoms with Crippen LogP contribution in [-0.4, -0.2) is 4.98 Å². The second-order valence-corrected chi connectivity index (χ2v) is 9.60. The van der Waals surface area contributed by atoms with E-state index in [2.05, 4.69) is 51.2 Å². The number of hydrogen-bond donors (Lipinski definition) is 1. The molecule has 1 atom stereocenters. The molecule has 1 aromatic heterocycles. The van der Waals surface area contributed by atoms with E-state index in [1.165, 1.54) is 23.3 Å². The quantitative estimate of drug-likeness (QED) is 0.280. The Labute approximate surface area is 211 Å². The number of anilines is 1. The molecule has 1 heterocycles. The summed E-state index contributed by atoms with van der Waals surface area (Å²) in [5, 5.41) is 3.75. The minimum atomic E-state index is -4.46. The van der Waals surface area contributed by atoms with Crippen molar-refractivity contribution < 1.29 is 13.2 Å². The van der Waals surface area contributed by atoms with E-state index in [-0.39, 0.29) is 11.6 Å². The first-order valence-corrected chi connectivity index (χ1v) is 12.2. The second-order valence-electron chi connectivity index (χ2n) is 9.60. The van der Waals surface area contributed by atoms with E-state index in [1.54, 1.807) is 18.2 Å². The molecular weight excluding hydrogens is 457 g/mol. The lowest BCUT2D eigenvalue weighted by molar-refractivity contribution is -0.137. The number of benzene rings is 3. The van der Waals surface area contributed by atoms with Gasteiger partial charge >= 0.3 is 6.18 Å². The summed E-state index contributed by atoms with van der Waals surface area (Å²) in [6.07, 6.45) is -4.46. The maximum Gasteiger partial charge on any atom is 0.417 e. The summed E-state index contributed by atoms with van der Waals surface area (Å²) < 4.78 is 41.2. The molecular formula is C31H31F3N2. The summed E-state index contributed by atoms with van der Waals surface area (Å²) in [6.45, 7) is 8.65. The molecule has 0 aliphatic rings. The first-order chi connectivity index (χ1) is 17.2. The van der Waals surface area contributed by atoms with E-state index in [0.29, 0.717) is 23.2 Å². The molecule has 3 aromatic carbocycles. The first kappa shape index (κ1) is 25.5. The van der Waals surface area contributed by atoms with Crippen molar-refractivity contribution >= 4 is 5.69 Å². The summed E-state index contributed by atoms with van der Waals surface area (Å²) in [5.74, 6) is 0.584. The summed E-state index contributed by atoms with van der Waals surface area (Å²) >= 11 is 0. The van der Waals surface area contributed by atoms with Gasteiger partial charge in [-0.25, -0.2) is 0 Å². The Hall–Kier alpha value is -3.60. The van der Waals surface area contributed by atoms with Crippen LogP contribution in [0.2, 0.25) is 0 Å². The first-order valence-electron chi connectivity index (χ1n) is 12.2. The topological polar surface area (TPSA) is 24.9 Å². The smallest absolute Gasteiger partial charge is 0.372 e. The standard InChI is InChI=1S/C31H31F3N2/c1-20(2)23-15-10-16-24(21(3)4)30(23)36-29(22-12-6-5-7-13-22)28-19-11-18-27(35-28)25-14-8-9-17-26(25)31(32,33)34/h5-21,29,36H,1-4H3. The summed E-state index contributed by atoms with van der Waals surface area (Å²) in [6, 6.07) is 26.8. The van der Waals surface area contributed by atoms with Gasteiger partial charge in [0.05, 0.1) is 23.0 Å². The predicted octanol–water partition coefficient (Wildman–Crippen LogP) is 9.22. The van der Waals surface area contributed by atoms with E-state index in [4.69, 9.17) is 4.98 Å². The van der Waals surface area contributed by atoms with Crippen LogP contribution in [0, 0.1) is 0 Å². The number of halogens is 3. The van der Waals surface area contributed by atoms with Gasteiger partial charge in [0.25, 0.3) is 0 Å². The summed E-state index contributed by atoms with van der Waals surface area (Å²) in [5.41, 5.74) is 4.77. The van der Waals surface area contributed by atoms with Gasteiger partial charge in [0.1, 0.15) is 0 Å². The maximum atomic E-state index is 13.7. The van der Waals surface area contributed by atoms with Gasteiger partial charge in [-0.05, 0) is 46.7 Å². The molecule has 0 spiro atoms. The van der Waals surface area contributed by atoms with Gasteiger partial charge in [0.15, 0.2) is 0 Å². The molecule has 36 heavy (non-hydrogen) atoms. The zero-order valence-corrected chi connectivity index (χ0v) is 21.0. The van der Waals surface area contributed by atoms with Crippen molar-refractivity contribution in [2.24, 2.45) is 0 Å². The average Bonchev–Trinajstić information content (AvgIpc) is 2.87. The molecule has 186 valence electrons.